The maximum absolute atomic E-state index is 12.5. The minimum atomic E-state index is -0.393. The maximum atomic E-state index is 12.5. The fourth-order valence-corrected chi connectivity index (χ4v) is 6.06. The Morgan fingerprint density at radius 3 is 2.55 bits per heavy atom. The average Bonchev–Trinajstić information content (AvgIpc) is 2.83. The van der Waals surface area contributed by atoms with Gasteiger partial charge in [0.05, 0.1) is 10.4 Å². The van der Waals surface area contributed by atoms with Gasteiger partial charge >= 0.3 is 0 Å². The molecule has 0 spiro atoms. The summed E-state index contributed by atoms with van der Waals surface area (Å²) in [4.78, 5) is 28.9. The first-order valence-corrected chi connectivity index (χ1v) is 8.82. The van der Waals surface area contributed by atoms with E-state index in [0.717, 1.165) is 30.7 Å². The third-order valence-corrected chi connectivity index (χ3v) is 6.59. The predicted molar refractivity (Wildman–Crippen MR) is 83.4 cm³/mol. The first-order valence-electron chi connectivity index (χ1n) is 7.94. The molecule has 0 aromatic carbocycles. The van der Waals surface area contributed by atoms with Gasteiger partial charge in [0.1, 0.15) is 5.69 Å². The van der Waals surface area contributed by atoms with Crippen LogP contribution in [0.1, 0.15) is 54.0 Å². The molecule has 0 aliphatic heterocycles. The zero-order valence-electron chi connectivity index (χ0n) is 12.7. The van der Waals surface area contributed by atoms with Crippen LogP contribution in [0.5, 0.6) is 0 Å². The summed E-state index contributed by atoms with van der Waals surface area (Å²) in [6.45, 7) is 1.90. The van der Waals surface area contributed by atoms with Crippen LogP contribution in [-0.2, 0) is 4.79 Å². The number of hydrogen-bond acceptors (Lipinski definition) is 4. The molecule has 6 heteroatoms. The van der Waals surface area contributed by atoms with Gasteiger partial charge in [-0.05, 0) is 57.3 Å². The number of primary amides is 1. The van der Waals surface area contributed by atoms with E-state index >= 15 is 0 Å². The van der Waals surface area contributed by atoms with Crippen LogP contribution in [0.3, 0.4) is 0 Å². The van der Waals surface area contributed by atoms with Crippen LogP contribution < -0.4 is 11.1 Å². The molecule has 4 saturated carbocycles. The quantitative estimate of drug-likeness (QED) is 0.893. The minimum Gasteiger partial charge on any atom is -0.369 e. The molecule has 118 valence electrons. The van der Waals surface area contributed by atoms with E-state index in [-0.39, 0.29) is 17.4 Å². The molecule has 1 aromatic heterocycles. The van der Waals surface area contributed by atoms with Crippen molar-refractivity contribution in [3.05, 3.63) is 16.1 Å². The lowest BCUT2D eigenvalue weighted by atomic mass is 9.46. The van der Waals surface area contributed by atoms with Gasteiger partial charge in [0.15, 0.2) is 0 Å². The van der Waals surface area contributed by atoms with Crippen LogP contribution in [-0.4, -0.2) is 22.3 Å². The molecule has 3 N–H and O–H groups in total. The van der Waals surface area contributed by atoms with Crippen LogP contribution in [0.4, 0.5) is 0 Å². The summed E-state index contributed by atoms with van der Waals surface area (Å²) in [6.07, 6.45) is 5.67. The van der Waals surface area contributed by atoms with Gasteiger partial charge in [-0.15, -0.1) is 11.3 Å². The summed E-state index contributed by atoms with van der Waals surface area (Å²) in [6, 6.07) is 0. The van der Waals surface area contributed by atoms with Gasteiger partial charge in [0, 0.05) is 10.9 Å². The maximum Gasteiger partial charge on any atom is 0.271 e. The Kier molecular flexibility index (Phi) is 2.92. The Balaban J connectivity index is 1.61. The van der Waals surface area contributed by atoms with E-state index < -0.39 is 5.41 Å². The standard InChI is InChI=1S/C16H21N3O2S/c1-9-18-12(7-22-9)13(20)19-16-5-10-2-11(6-16)4-15(3-10,8-16)14(17)21/h7,10-11H,2-6,8H2,1H3,(H2,17,21)(H,19,20). The number of nitrogens with two attached hydrogens (primary N) is 1. The Morgan fingerprint density at radius 1 is 1.32 bits per heavy atom. The highest BCUT2D eigenvalue weighted by Gasteiger charge is 2.60. The lowest BCUT2D eigenvalue weighted by molar-refractivity contribution is -0.146. The zero-order valence-corrected chi connectivity index (χ0v) is 13.5. The highest BCUT2D eigenvalue weighted by atomic mass is 32.1. The van der Waals surface area contributed by atoms with Gasteiger partial charge in [-0.2, -0.15) is 0 Å². The molecule has 0 radical (unpaired) electrons. The summed E-state index contributed by atoms with van der Waals surface area (Å²) in [5.74, 6) is 0.757. The lowest BCUT2D eigenvalue weighted by Crippen LogP contribution is -2.65. The van der Waals surface area contributed by atoms with E-state index in [0.29, 0.717) is 24.0 Å². The molecule has 1 heterocycles. The number of aryl methyl sites for hydroxylation is 1. The van der Waals surface area contributed by atoms with Crippen molar-refractivity contribution >= 4 is 23.2 Å². The average molecular weight is 319 g/mol. The van der Waals surface area contributed by atoms with E-state index in [9.17, 15) is 9.59 Å². The number of carbonyl (C=O) groups is 2. The smallest absolute Gasteiger partial charge is 0.271 e. The molecule has 4 bridgehead atoms. The zero-order chi connectivity index (χ0) is 15.5. The number of rotatable bonds is 3. The van der Waals surface area contributed by atoms with Crippen LogP contribution in [0.15, 0.2) is 5.38 Å². The Hall–Kier alpha value is -1.43. The number of hydrogen-bond donors (Lipinski definition) is 2. The fraction of sp³-hybridized carbons (Fsp3) is 0.688. The summed E-state index contributed by atoms with van der Waals surface area (Å²) in [7, 11) is 0. The molecule has 5 nitrogen and oxygen atoms in total. The number of thiazole rings is 1. The summed E-state index contributed by atoms with van der Waals surface area (Å²) < 4.78 is 0. The molecule has 4 aliphatic rings. The predicted octanol–water partition coefficient (Wildman–Crippen LogP) is 2.01. The van der Waals surface area contributed by atoms with Crippen molar-refractivity contribution in [2.24, 2.45) is 23.0 Å². The molecular weight excluding hydrogens is 298 g/mol. The third-order valence-electron chi connectivity index (χ3n) is 5.81. The van der Waals surface area contributed by atoms with E-state index in [2.05, 4.69) is 10.3 Å². The van der Waals surface area contributed by atoms with Gasteiger partial charge in [-0.1, -0.05) is 0 Å². The topological polar surface area (TPSA) is 85.1 Å². The van der Waals surface area contributed by atoms with Crippen molar-refractivity contribution in [1.29, 1.82) is 0 Å². The summed E-state index contributed by atoms with van der Waals surface area (Å²) in [5.41, 5.74) is 5.58. The third kappa shape index (κ3) is 2.07. The first-order chi connectivity index (χ1) is 10.4. The van der Waals surface area contributed by atoms with Gasteiger partial charge in [0.25, 0.3) is 5.91 Å². The van der Waals surface area contributed by atoms with Crippen molar-refractivity contribution in [3.63, 3.8) is 0 Å². The van der Waals surface area contributed by atoms with E-state index in [1.165, 1.54) is 17.8 Å². The number of aromatic nitrogens is 1. The summed E-state index contributed by atoms with van der Waals surface area (Å²) in [5, 5.41) is 5.92. The molecule has 2 amide bonds. The molecule has 1 aromatic rings. The second-order valence-electron chi connectivity index (χ2n) is 7.59. The number of nitrogens with zero attached hydrogens (tertiary/aromatic N) is 1. The molecule has 4 fully saturated rings. The number of carbonyl (C=O) groups excluding carboxylic acids is 2. The highest BCUT2D eigenvalue weighted by molar-refractivity contribution is 7.09. The van der Waals surface area contributed by atoms with Crippen LogP contribution >= 0.6 is 11.3 Å². The van der Waals surface area contributed by atoms with Crippen molar-refractivity contribution in [3.8, 4) is 0 Å². The Morgan fingerprint density at radius 2 is 2.00 bits per heavy atom. The van der Waals surface area contributed by atoms with Crippen molar-refractivity contribution in [1.82, 2.24) is 10.3 Å². The number of amides is 2. The van der Waals surface area contributed by atoms with Crippen LogP contribution in [0.2, 0.25) is 0 Å². The lowest BCUT2D eigenvalue weighted by Gasteiger charge is -2.61. The Bertz CT molecular complexity index is 640. The van der Waals surface area contributed by atoms with Gasteiger partial charge in [-0.25, -0.2) is 4.98 Å². The van der Waals surface area contributed by atoms with Crippen molar-refractivity contribution in [2.45, 2.75) is 51.0 Å². The molecule has 22 heavy (non-hydrogen) atoms. The second-order valence-corrected chi connectivity index (χ2v) is 8.65. The summed E-state index contributed by atoms with van der Waals surface area (Å²) >= 11 is 1.48. The molecular formula is C16H21N3O2S. The van der Waals surface area contributed by atoms with E-state index in [1.807, 2.05) is 6.92 Å². The largest absolute Gasteiger partial charge is 0.369 e. The Labute approximate surface area is 133 Å². The molecule has 0 saturated heterocycles. The molecule has 2 atom stereocenters. The van der Waals surface area contributed by atoms with E-state index in [4.69, 9.17) is 5.73 Å². The first kappa shape index (κ1) is 14.2. The van der Waals surface area contributed by atoms with Crippen molar-refractivity contribution in [2.75, 3.05) is 0 Å². The fourth-order valence-electron chi connectivity index (χ4n) is 5.47. The molecule has 4 aliphatic carbocycles. The highest BCUT2D eigenvalue weighted by Crippen LogP contribution is 2.61. The van der Waals surface area contributed by atoms with Gasteiger partial charge in [-0.3, -0.25) is 9.59 Å². The second kappa shape index (κ2) is 4.54. The normalized spacial score (nSPS) is 39.0. The molecule has 5 rings (SSSR count). The van der Waals surface area contributed by atoms with E-state index in [1.54, 1.807) is 5.38 Å². The SMILES string of the molecule is Cc1nc(C(=O)NC23CC4CC(C2)CC(C(N)=O)(C4)C3)cs1. The van der Waals surface area contributed by atoms with Crippen LogP contribution in [0, 0.1) is 24.2 Å². The minimum absolute atomic E-state index is 0.106. The van der Waals surface area contributed by atoms with Gasteiger partial charge in [0.2, 0.25) is 5.91 Å². The van der Waals surface area contributed by atoms with Crippen LogP contribution in [0.25, 0.3) is 0 Å². The van der Waals surface area contributed by atoms with Gasteiger partial charge < -0.3 is 11.1 Å². The van der Waals surface area contributed by atoms with Crippen molar-refractivity contribution < 1.29 is 9.59 Å². The molecule has 2 unspecified atom stereocenters. The monoisotopic (exact) mass is 319 g/mol. The number of nitrogens with one attached hydrogen (secondary N) is 1.